The zero-order valence-corrected chi connectivity index (χ0v) is 20.3. The molecular weight excluding hydrogens is 404 g/mol. The lowest BCUT2D eigenvalue weighted by Gasteiger charge is -2.43. The van der Waals surface area contributed by atoms with Crippen LogP contribution in [0, 0.1) is 0 Å². The first-order valence-corrected chi connectivity index (χ1v) is 12.9. The fourth-order valence-corrected chi connectivity index (χ4v) is 8.45. The molecule has 0 fully saturated rings. The quantitative estimate of drug-likeness (QED) is 0.264. The Kier molecular flexibility index (Phi) is 9.53. The first kappa shape index (κ1) is 24.9. The Balaban J connectivity index is 2.27. The van der Waals surface area contributed by atoms with E-state index in [0.717, 1.165) is 6.42 Å². The van der Waals surface area contributed by atoms with E-state index in [2.05, 4.69) is 75.9 Å². The minimum absolute atomic E-state index is 0.0927. The van der Waals surface area contributed by atoms with E-state index in [0.29, 0.717) is 26.1 Å². The van der Waals surface area contributed by atoms with Crippen molar-refractivity contribution in [1.29, 1.82) is 0 Å². The molecule has 0 aromatic heterocycles. The van der Waals surface area contributed by atoms with Crippen molar-refractivity contribution in [2.75, 3.05) is 13.2 Å². The van der Waals surface area contributed by atoms with Gasteiger partial charge in [0, 0.05) is 19.4 Å². The van der Waals surface area contributed by atoms with Crippen LogP contribution in [0.25, 0.3) is 0 Å². The molecule has 0 radical (unpaired) electrons. The minimum atomic E-state index is -2.60. The predicted molar refractivity (Wildman–Crippen MR) is 130 cm³/mol. The average Bonchev–Trinajstić information content (AvgIpc) is 2.75. The van der Waals surface area contributed by atoms with Crippen LogP contribution in [0.3, 0.4) is 0 Å². The summed E-state index contributed by atoms with van der Waals surface area (Å²) in [5, 5.41) is 2.37. The van der Waals surface area contributed by atoms with Gasteiger partial charge >= 0.3 is 6.16 Å². The average molecular weight is 441 g/mol. The molecule has 2 aromatic rings. The van der Waals surface area contributed by atoms with E-state index in [9.17, 15) is 4.79 Å². The van der Waals surface area contributed by atoms with E-state index in [1.54, 1.807) is 6.08 Å². The number of hydrogen-bond donors (Lipinski definition) is 0. The Morgan fingerprint density at radius 3 is 2.00 bits per heavy atom. The van der Waals surface area contributed by atoms with Crippen LogP contribution in [0.4, 0.5) is 4.79 Å². The van der Waals surface area contributed by atoms with Crippen molar-refractivity contribution < 1.29 is 18.7 Å². The molecule has 0 aliphatic heterocycles. The lowest BCUT2D eigenvalue weighted by Crippen LogP contribution is -2.66. The van der Waals surface area contributed by atoms with Crippen molar-refractivity contribution in [2.45, 2.75) is 58.1 Å². The lowest BCUT2D eigenvalue weighted by molar-refractivity contribution is 0.0174. The summed E-state index contributed by atoms with van der Waals surface area (Å²) in [6.45, 7) is 13.3. The summed E-state index contributed by atoms with van der Waals surface area (Å²) in [7, 11) is -2.60. The van der Waals surface area contributed by atoms with Crippen LogP contribution < -0.4 is 10.4 Å². The molecule has 0 bridgehead atoms. The van der Waals surface area contributed by atoms with Gasteiger partial charge in [0.25, 0.3) is 8.32 Å². The molecule has 0 aliphatic rings. The number of ether oxygens (including phenoxy) is 2. The Morgan fingerprint density at radius 2 is 1.55 bits per heavy atom. The van der Waals surface area contributed by atoms with Gasteiger partial charge in [-0.2, -0.15) is 0 Å². The predicted octanol–water partition coefficient (Wildman–Crippen LogP) is 5.46. The van der Waals surface area contributed by atoms with Gasteiger partial charge in [-0.25, -0.2) is 4.79 Å². The minimum Gasteiger partial charge on any atom is -0.434 e. The van der Waals surface area contributed by atoms with Crippen LogP contribution >= 0.6 is 0 Å². The zero-order valence-electron chi connectivity index (χ0n) is 19.3. The maximum atomic E-state index is 11.9. The van der Waals surface area contributed by atoms with Crippen molar-refractivity contribution in [3.8, 4) is 0 Å². The van der Waals surface area contributed by atoms with Gasteiger partial charge in [-0.1, -0.05) is 94.4 Å². The molecule has 0 amide bonds. The number of carbonyl (C=O) groups excluding carboxylic acids is 1. The van der Waals surface area contributed by atoms with Crippen LogP contribution in [-0.4, -0.2) is 33.8 Å². The van der Waals surface area contributed by atoms with Crippen LogP contribution in [0.5, 0.6) is 0 Å². The Hall–Kier alpha value is -2.37. The molecule has 0 heterocycles. The summed E-state index contributed by atoms with van der Waals surface area (Å²) in [5.41, 5.74) is 0. The van der Waals surface area contributed by atoms with Gasteiger partial charge in [-0.15, -0.1) is 6.58 Å². The van der Waals surface area contributed by atoms with Gasteiger partial charge in [-0.05, 0) is 21.8 Å². The molecular formula is C26H36O4Si. The summed E-state index contributed by atoms with van der Waals surface area (Å²) in [6, 6.07) is 21.0. The molecule has 0 saturated heterocycles. The molecule has 168 valence electrons. The molecule has 5 heteroatoms. The van der Waals surface area contributed by atoms with E-state index in [1.807, 2.05) is 19.1 Å². The second-order valence-corrected chi connectivity index (χ2v) is 13.0. The molecule has 0 aliphatic carbocycles. The van der Waals surface area contributed by atoms with E-state index in [4.69, 9.17) is 13.9 Å². The molecule has 2 aromatic carbocycles. The molecule has 0 saturated carbocycles. The third kappa shape index (κ3) is 6.55. The van der Waals surface area contributed by atoms with Crippen LogP contribution in [0.2, 0.25) is 5.04 Å². The largest absolute Gasteiger partial charge is 0.508 e. The summed E-state index contributed by atoms with van der Waals surface area (Å²) in [4.78, 5) is 11.9. The molecule has 2 rings (SSSR count). The summed E-state index contributed by atoms with van der Waals surface area (Å²) >= 11 is 0. The van der Waals surface area contributed by atoms with E-state index >= 15 is 0 Å². The molecule has 0 unspecified atom stereocenters. The summed E-state index contributed by atoms with van der Waals surface area (Å²) in [5.74, 6) is 0. The fourth-order valence-electron chi connectivity index (χ4n) is 3.87. The van der Waals surface area contributed by atoms with Crippen LogP contribution in [0.1, 0.15) is 47.0 Å². The first-order valence-electron chi connectivity index (χ1n) is 11.0. The highest BCUT2D eigenvalue weighted by Gasteiger charge is 2.50. The summed E-state index contributed by atoms with van der Waals surface area (Å²) < 4.78 is 17.5. The second-order valence-electron chi connectivity index (χ2n) is 8.66. The van der Waals surface area contributed by atoms with E-state index in [-0.39, 0.29) is 11.1 Å². The van der Waals surface area contributed by atoms with Gasteiger partial charge in [0.05, 0.1) is 6.61 Å². The van der Waals surface area contributed by atoms with Gasteiger partial charge in [0.15, 0.2) is 0 Å². The van der Waals surface area contributed by atoms with Crippen molar-refractivity contribution in [3.05, 3.63) is 73.3 Å². The Bertz CT molecular complexity index is 760. The van der Waals surface area contributed by atoms with Crippen LogP contribution in [0.15, 0.2) is 73.3 Å². The van der Waals surface area contributed by atoms with Crippen molar-refractivity contribution >= 4 is 24.8 Å². The van der Waals surface area contributed by atoms with E-state index < -0.39 is 14.5 Å². The normalized spacial score (nSPS) is 12.8. The molecule has 0 N–H and O–H groups in total. The number of carbonyl (C=O) groups is 1. The SMILES string of the molecule is C=CC[C@H](CCO[Si](c1ccccc1)(c1ccccc1)C(C)(C)C)OC(=O)OCCC. The fraction of sp³-hybridized carbons (Fsp3) is 0.423. The molecule has 31 heavy (non-hydrogen) atoms. The van der Waals surface area contributed by atoms with Crippen molar-refractivity contribution in [1.82, 2.24) is 0 Å². The second kappa shape index (κ2) is 11.9. The standard InChI is InChI=1S/C26H36O4Si/c1-6-14-22(30-25(27)28-20-7-2)19-21-29-31(26(3,4)5,23-15-10-8-11-16-23)24-17-12-9-13-18-24/h6,8-13,15-18,22H,1,7,14,19-21H2,2-5H3/t22-/m1/s1. The third-order valence-corrected chi connectivity index (χ3v) is 10.3. The van der Waals surface area contributed by atoms with Gasteiger partial charge in [0.2, 0.25) is 0 Å². The Labute approximate surface area is 188 Å². The van der Waals surface area contributed by atoms with Gasteiger partial charge in [-0.3, -0.25) is 0 Å². The van der Waals surface area contributed by atoms with Crippen molar-refractivity contribution in [2.24, 2.45) is 0 Å². The first-order chi connectivity index (χ1) is 14.8. The highest BCUT2D eigenvalue weighted by molar-refractivity contribution is 6.99. The number of rotatable bonds is 11. The Morgan fingerprint density at radius 1 is 1.00 bits per heavy atom. The lowest BCUT2D eigenvalue weighted by atomic mass is 10.2. The smallest absolute Gasteiger partial charge is 0.434 e. The molecule has 0 spiro atoms. The number of benzene rings is 2. The maximum absolute atomic E-state index is 11.9. The summed E-state index contributed by atoms with van der Waals surface area (Å²) in [6.07, 6.45) is 2.72. The monoisotopic (exact) mass is 440 g/mol. The van der Waals surface area contributed by atoms with Crippen LogP contribution in [-0.2, 0) is 13.9 Å². The maximum Gasteiger partial charge on any atom is 0.508 e. The topological polar surface area (TPSA) is 44.8 Å². The zero-order chi connectivity index (χ0) is 22.7. The van der Waals surface area contributed by atoms with E-state index in [1.165, 1.54) is 10.4 Å². The van der Waals surface area contributed by atoms with Crippen molar-refractivity contribution in [3.63, 3.8) is 0 Å². The van der Waals surface area contributed by atoms with Gasteiger partial charge < -0.3 is 13.9 Å². The highest BCUT2D eigenvalue weighted by atomic mass is 28.4. The highest BCUT2D eigenvalue weighted by Crippen LogP contribution is 2.36. The molecule has 4 nitrogen and oxygen atoms in total. The third-order valence-electron chi connectivity index (χ3n) is 5.29. The van der Waals surface area contributed by atoms with Gasteiger partial charge in [0.1, 0.15) is 6.10 Å². The molecule has 1 atom stereocenters. The number of hydrogen-bond acceptors (Lipinski definition) is 4.